The minimum atomic E-state index is 0.0361. The van der Waals surface area contributed by atoms with Gasteiger partial charge in [0.25, 0.3) is 5.91 Å². The molecule has 4 rings (SSSR count). The van der Waals surface area contributed by atoms with E-state index in [2.05, 4.69) is 11.9 Å². The summed E-state index contributed by atoms with van der Waals surface area (Å²) in [6, 6.07) is 7.69. The van der Waals surface area contributed by atoms with Crippen molar-refractivity contribution in [1.29, 1.82) is 0 Å². The van der Waals surface area contributed by atoms with Crippen LogP contribution in [0, 0.1) is 5.92 Å². The van der Waals surface area contributed by atoms with Crippen molar-refractivity contribution >= 4 is 41.3 Å². The Kier molecular flexibility index (Phi) is 6.23. The highest BCUT2D eigenvalue weighted by Gasteiger charge is 2.43. The average molecular weight is 434 g/mol. The third-order valence-electron chi connectivity index (χ3n) is 6.37. The van der Waals surface area contributed by atoms with Crippen molar-refractivity contribution in [2.24, 2.45) is 5.92 Å². The Balaban J connectivity index is 1.44. The van der Waals surface area contributed by atoms with Crippen molar-refractivity contribution < 1.29 is 9.59 Å². The van der Waals surface area contributed by atoms with Crippen molar-refractivity contribution in [1.82, 2.24) is 14.7 Å². The Hall–Kier alpha value is -1.50. The Morgan fingerprint density at radius 1 is 1.17 bits per heavy atom. The molecule has 1 aromatic carbocycles. The molecule has 0 N–H and O–H groups in total. The Labute approximate surface area is 182 Å². The lowest BCUT2D eigenvalue weighted by Crippen LogP contribution is -2.54. The molecule has 3 aliphatic rings. The second-order valence-electron chi connectivity index (χ2n) is 8.34. The van der Waals surface area contributed by atoms with Crippen LogP contribution in [0.1, 0.15) is 24.8 Å². The Morgan fingerprint density at radius 3 is 2.66 bits per heavy atom. The van der Waals surface area contributed by atoms with Gasteiger partial charge in [-0.3, -0.25) is 9.59 Å². The first-order valence-electron chi connectivity index (χ1n) is 10.3. The van der Waals surface area contributed by atoms with Crippen LogP contribution in [-0.4, -0.2) is 78.1 Å². The third-order valence-corrected chi connectivity index (χ3v) is 8.01. The standard InChI is InChI=1S/C22H28ClN3O2S/c1-24-8-10-26(11-9-24)21(27)16-6-7-19-18(14-16)25(2)22(28)20(29-19)13-15-4-3-5-17(23)12-15/h3-5,12-13,16,18-19H,6-11,14H2,1-2H3/b20-13-. The molecule has 1 saturated carbocycles. The smallest absolute Gasteiger partial charge is 0.260 e. The first-order valence-corrected chi connectivity index (χ1v) is 11.6. The molecular formula is C22H28ClN3O2S. The summed E-state index contributed by atoms with van der Waals surface area (Å²) < 4.78 is 0. The van der Waals surface area contributed by atoms with E-state index in [1.165, 1.54) is 0 Å². The first kappa shape index (κ1) is 20.8. The van der Waals surface area contributed by atoms with Gasteiger partial charge in [0.2, 0.25) is 5.91 Å². The molecule has 3 fully saturated rings. The summed E-state index contributed by atoms with van der Waals surface area (Å²) in [7, 11) is 3.98. The van der Waals surface area contributed by atoms with E-state index >= 15 is 0 Å². The Morgan fingerprint density at radius 2 is 1.93 bits per heavy atom. The van der Waals surface area contributed by atoms with Gasteiger partial charge in [-0.1, -0.05) is 23.7 Å². The number of halogens is 1. The number of piperazine rings is 1. The zero-order chi connectivity index (χ0) is 20.5. The van der Waals surface area contributed by atoms with E-state index < -0.39 is 0 Å². The fourth-order valence-electron chi connectivity index (χ4n) is 4.55. The lowest BCUT2D eigenvalue weighted by Gasteiger charge is -2.45. The van der Waals surface area contributed by atoms with Crippen LogP contribution >= 0.6 is 23.4 Å². The fourth-order valence-corrected chi connectivity index (χ4v) is 6.23. The summed E-state index contributed by atoms with van der Waals surface area (Å²) >= 11 is 7.76. The summed E-state index contributed by atoms with van der Waals surface area (Å²) in [5.41, 5.74) is 0.944. The molecule has 1 aliphatic carbocycles. The summed E-state index contributed by atoms with van der Waals surface area (Å²) in [5.74, 6) is 0.362. The van der Waals surface area contributed by atoms with Crippen molar-refractivity contribution in [2.45, 2.75) is 30.6 Å². The number of likely N-dealkylation sites (N-methyl/N-ethyl adjacent to an activating group) is 2. The van der Waals surface area contributed by atoms with Gasteiger partial charge in [0, 0.05) is 55.5 Å². The van der Waals surface area contributed by atoms with Gasteiger partial charge in [0.05, 0.1) is 4.91 Å². The molecular weight excluding hydrogens is 406 g/mol. The van der Waals surface area contributed by atoms with Crippen LogP contribution in [0.4, 0.5) is 0 Å². The van der Waals surface area contributed by atoms with Gasteiger partial charge in [0.1, 0.15) is 0 Å². The van der Waals surface area contributed by atoms with Gasteiger partial charge in [-0.05, 0) is 50.1 Å². The number of hydrogen-bond donors (Lipinski definition) is 0. The van der Waals surface area contributed by atoms with Crippen LogP contribution in [0.3, 0.4) is 0 Å². The summed E-state index contributed by atoms with van der Waals surface area (Å²) in [6.07, 6.45) is 4.58. The first-order chi connectivity index (χ1) is 13.9. The van der Waals surface area contributed by atoms with Crippen LogP contribution in [-0.2, 0) is 9.59 Å². The molecule has 0 radical (unpaired) electrons. The number of rotatable bonds is 2. The van der Waals surface area contributed by atoms with Gasteiger partial charge in [-0.15, -0.1) is 11.8 Å². The molecule has 1 aromatic rings. The molecule has 2 saturated heterocycles. The highest BCUT2D eigenvalue weighted by molar-refractivity contribution is 8.04. The van der Waals surface area contributed by atoms with Gasteiger partial charge in [-0.2, -0.15) is 0 Å². The van der Waals surface area contributed by atoms with Crippen molar-refractivity contribution in [2.75, 3.05) is 40.3 Å². The van der Waals surface area contributed by atoms with Gasteiger partial charge in [-0.25, -0.2) is 0 Å². The lowest BCUT2D eigenvalue weighted by atomic mass is 9.83. The number of thioether (sulfide) groups is 1. The van der Waals surface area contributed by atoms with Crippen LogP contribution in [0.25, 0.3) is 6.08 Å². The van der Waals surface area contributed by atoms with Gasteiger partial charge < -0.3 is 14.7 Å². The highest BCUT2D eigenvalue weighted by Crippen LogP contribution is 2.43. The quantitative estimate of drug-likeness (QED) is 0.672. The maximum atomic E-state index is 13.0. The molecule has 0 spiro atoms. The van der Waals surface area contributed by atoms with E-state index in [0.717, 1.165) is 55.9 Å². The number of carbonyl (C=O) groups is 2. The second kappa shape index (κ2) is 8.70. The number of carbonyl (C=O) groups excluding carboxylic acids is 2. The second-order valence-corrected chi connectivity index (χ2v) is 10.1. The molecule has 5 nitrogen and oxygen atoms in total. The summed E-state index contributed by atoms with van der Waals surface area (Å²) in [6.45, 7) is 3.51. The van der Waals surface area contributed by atoms with Crippen molar-refractivity contribution in [3.05, 3.63) is 39.8 Å². The maximum absolute atomic E-state index is 13.0. The Bertz CT molecular complexity index is 822. The molecule has 3 atom stereocenters. The normalized spacial score (nSPS) is 29.8. The number of benzene rings is 1. The van der Waals surface area contributed by atoms with Crippen LogP contribution in [0.2, 0.25) is 5.02 Å². The molecule has 2 heterocycles. The lowest BCUT2D eigenvalue weighted by molar-refractivity contribution is -0.140. The molecule has 2 amide bonds. The largest absolute Gasteiger partial charge is 0.340 e. The molecule has 2 aliphatic heterocycles. The molecule has 0 bridgehead atoms. The molecule has 7 heteroatoms. The van der Waals surface area contributed by atoms with Crippen LogP contribution < -0.4 is 0 Å². The number of fused-ring (bicyclic) bond motifs is 1. The topological polar surface area (TPSA) is 43.9 Å². The monoisotopic (exact) mass is 433 g/mol. The fraction of sp³-hybridized carbons (Fsp3) is 0.545. The summed E-state index contributed by atoms with van der Waals surface area (Å²) in [5, 5.41) is 1.02. The molecule has 156 valence electrons. The third kappa shape index (κ3) is 4.49. The zero-order valence-corrected chi connectivity index (χ0v) is 18.6. The van der Waals surface area contributed by atoms with Crippen molar-refractivity contribution in [3.8, 4) is 0 Å². The molecule has 29 heavy (non-hydrogen) atoms. The SMILES string of the molecule is CN1CCN(C(=O)C2CCC3S/C(=C\c4cccc(Cl)c4)C(=O)N(C)C3C2)CC1. The van der Waals surface area contributed by atoms with Crippen LogP contribution in [0.15, 0.2) is 29.2 Å². The van der Waals surface area contributed by atoms with E-state index in [-0.39, 0.29) is 23.8 Å². The minimum Gasteiger partial charge on any atom is -0.340 e. The van der Waals surface area contributed by atoms with Crippen LogP contribution in [0.5, 0.6) is 0 Å². The maximum Gasteiger partial charge on any atom is 0.260 e. The molecule has 3 unspecified atom stereocenters. The van der Waals surface area contributed by atoms with Crippen molar-refractivity contribution in [3.63, 3.8) is 0 Å². The number of nitrogens with zero attached hydrogens (tertiary/aromatic N) is 3. The van der Waals surface area contributed by atoms with E-state index in [0.29, 0.717) is 10.3 Å². The van der Waals surface area contributed by atoms with E-state index in [9.17, 15) is 9.59 Å². The van der Waals surface area contributed by atoms with E-state index in [4.69, 9.17) is 11.6 Å². The zero-order valence-electron chi connectivity index (χ0n) is 17.0. The van der Waals surface area contributed by atoms with Gasteiger partial charge >= 0.3 is 0 Å². The predicted octanol–water partition coefficient (Wildman–Crippen LogP) is 3.20. The number of amides is 2. The predicted molar refractivity (Wildman–Crippen MR) is 119 cm³/mol. The van der Waals surface area contributed by atoms with E-state index in [1.54, 1.807) is 11.8 Å². The van der Waals surface area contributed by atoms with E-state index in [1.807, 2.05) is 47.2 Å². The molecule has 0 aromatic heterocycles. The van der Waals surface area contributed by atoms with Gasteiger partial charge in [0.15, 0.2) is 0 Å². The number of hydrogen-bond acceptors (Lipinski definition) is 4. The minimum absolute atomic E-state index is 0.0361. The summed E-state index contributed by atoms with van der Waals surface area (Å²) in [4.78, 5) is 32.9. The highest BCUT2D eigenvalue weighted by atomic mass is 35.5. The average Bonchev–Trinajstić information content (AvgIpc) is 2.72.